The summed E-state index contributed by atoms with van der Waals surface area (Å²) in [6.45, 7) is 2.05. The van der Waals surface area contributed by atoms with E-state index in [1.165, 1.54) is 25.3 Å². The van der Waals surface area contributed by atoms with Crippen molar-refractivity contribution in [3.8, 4) is 5.75 Å². The first-order valence-electron chi connectivity index (χ1n) is 9.58. The van der Waals surface area contributed by atoms with Crippen LogP contribution in [-0.4, -0.2) is 24.0 Å². The van der Waals surface area contributed by atoms with E-state index < -0.39 is 11.6 Å². The van der Waals surface area contributed by atoms with Gasteiger partial charge in [0.05, 0.1) is 10.2 Å². The average Bonchev–Trinajstić information content (AvgIpc) is 3.17. The number of ether oxygens (including phenoxy) is 1. The fraction of sp³-hybridized carbons (Fsp3) is 0.227. The van der Waals surface area contributed by atoms with Crippen LogP contribution in [-0.2, 0) is 0 Å². The van der Waals surface area contributed by atoms with Crippen LogP contribution in [0.15, 0.2) is 57.7 Å². The van der Waals surface area contributed by atoms with E-state index in [1.54, 1.807) is 41.7 Å². The lowest BCUT2D eigenvalue weighted by molar-refractivity contribution is 0.0731. The smallest absolute Gasteiger partial charge is 0.351 e. The van der Waals surface area contributed by atoms with E-state index in [1.807, 2.05) is 12.1 Å². The first-order chi connectivity index (χ1) is 14.2. The Morgan fingerprint density at radius 1 is 1.07 bits per heavy atom. The lowest BCUT2D eigenvalue weighted by Crippen LogP contribution is -2.29. The topological polar surface area (TPSA) is 72.6 Å². The molecule has 6 nitrogen and oxygen atoms in total. The van der Waals surface area contributed by atoms with Crippen LogP contribution in [0, 0.1) is 0 Å². The number of piperidine rings is 1. The number of nitrogens with zero attached hydrogens (tertiary/aromatic N) is 2. The summed E-state index contributed by atoms with van der Waals surface area (Å²) in [4.78, 5) is 31.7. The number of hydrogen-bond donors (Lipinski definition) is 0. The summed E-state index contributed by atoms with van der Waals surface area (Å²) >= 11 is 1.59. The van der Waals surface area contributed by atoms with Crippen molar-refractivity contribution in [3.05, 3.63) is 64.5 Å². The van der Waals surface area contributed by atoms with E-state index in [2.05, 4.69) is 4.90 Å². The molecule has 0 N–H and O–H groups in total. The molecular weight excluding hydrogens is 388 g/mol. The van der Waals surface area contributed by atoms with Gasteiger partial charge < -0.3 is 14.1 Å². The number of hydrogen-bond acceptors (Lipinski definition) is 7. The lowest BCUT2D eigenvalue weighted by atomic mass is 10.1. The van der Waals surface area contributed by atoms with Crippen LogP contribution in [0.5, 0.6) is 5.75 Å². The Labute approximate surface area is 170 Å². The molecule has 2 aromatic heterocycles. The standard InChI is InChI=1S/C22H18N2O4S/c25-20(16-12-14-6-2-3-7-18(14)28-21(16)26)27-15-8-9-17-19(13-15)29-22(23-17)24-10-4-1-5-11-24/h2-3,6-9,12-13H,1,4-5,10-11H2. The van der Waals surface area contributed by atoms with E-state index in [0.29, 0.717) is 16.7 Å². The summed E-state index contributed by atoms with van der Waals surface area (Å²) in [7, 11) is 0. The van der Waals surface area contributed by atoms with Gasteiger partial charge in [-0.25, -0.2) is 14.6 Å². The Balaban J connectivity index is 1.41. The van der Waals surface area contributed by atoms with Gasteiger partial charge in [-0.3, -0.25) is 0 Å². The summed E-state index contributed by atoms with van der Waals surface area (Å²) in [5.41, 5.74) is 0.480. The highest BCUT2D eigenvalue weighted by molar-refractivity contribution is 7.22. The zero-order valence-corrected chi connectivity index (χ0v) is 16.4. The number of fused-ring (bicyclic) bond motifs is 2. The van der Waals surface area contributed by atoms with Crippen molar-refractivity contribution in [3.63, 3.8) is 0 Å². The third-order valence-electron chi connectivity index (χ3n) is 5.05. The Morgan fingerprint density at radius 3 is 2.76 bits per heavy atom. The Bertz CT molecular complexity index is 1270. The number of aromatic nitrogens is 1. The van der Waals surface area contributed by atoms with Crippen molar-refractivity contribution in [2.75, 3.05) is 18.0 Å². The van der Waals surface area contributed by atoms with Gasteiger partial charge in [0.15, 0.2) is 5.13 Å². The van der Waals surface area contributed by atoms with E-state index >= 15 is 0 Å². The highest BCUT2D eigenvalue weighted by atomic mass is 32.1. The van der Waals surface area contributed by atoms with Crippen molar-refractivity contribution in [1.29, 1.82) is 0 Å². The summed E-state index contributed by atoms with van der Waals surface area (Å²) in [6, 6.07) is 13.9. The molecule has 0 amide bonds. The summed E-state index contributed by atoms with van der Waals surface area (Å²) in [6.07, 6.45) is 3.64. The van der Waals surface area contributed by atoms with Gasteiger partial charge in [-0.15, -0.1) is 0 Å². The predicted octanol–water partition coefficient (Wildman–Crippen LogP) is 4.61. The van der Waals surface area contributed by atoms with Gasteiger partial charge >= 0.3 is 11.6 Å². The third kappa shape index (κ3) is 3.49. The lowest BCUT2D eigenvalue weighted by Gasteiger charge is -2.25. The quantitative estimate of drug-likeness (QED) is 0.281. The number of esters is 1. The minimum absolute atomic E-state index is 0.123. The number of thiazole rings is 1. The maximum absolute atomic E-state index is 12.6. The number of para-hydroxylation sites is 1. The van der Waals surface area contributed by atoms with E-state index in [9.17, 15) is 9.59 Å². The van der Waals surface area contributed by atoms with Crippen LogP contribution in [0.4, 0.5) is 5.13 Å². The van der Waals surface area contributed by atoms with Gasteiger partial charge in [-0.05, 0) is 43.5 Å². The second kappa shape index (κ2) is 7.33. The van der Waals surface area contributed by atoms with Crippen LogP contribution >= 0.6 is 11.3 Å². The molecule has 5 rings (SSSR count). The molecule has 2 aromatic carbocycles. The van der Waals surface area contributed by atoms with Crippen molar-refractivity contribution in [2.24, 2.45) is 0 Å². The monoisotopic (exact) mass is 406 g/mol. The van der Waals surface area contributed by atoms with Crippen LogP contribution in [0.1, 0.15) is 29.6 Å². The number of benzene rings is 2. The number of rotatable bonds is 3. The van der Waals surface area contributed by atoms with Crippen molar-refractivity contribution < 1.29 is 13.9 Å². The molecule has 0 aliphatic carbocycles. The van der Waals surface area contributed by atoms with Gasteiger partial charge in [-0.2, -0.15) is 0 Å². The third-order valence-corrected chi connectivity index (χ3v) is 6.13. The average molecular weight is 406 g/mol. The molecule has 1 aliphatic rings. The van der Waals surface area contributed by atoms with Crippen LogP contribution in [0.25, 0.3) is 21.2 Å². The molecule has 0 unspecified atom stereocenters. The molecule has 0 radical (unpaired) electrons. The van der Waals surface area contributed by atoms with E-state index in [-0.39, 0.29) is 5.56 Å². The van der Waals surface area contributed by atoms with Crippen molar-refractivity contribution in [1.82, 2.24) is 4.98 Å². The fourth-order valence-electron chi connectivity index (χ4n) is 3.54. The molecule has 1 aliphatic heterocycles. The minimum atomic E-state index is -0.732. The molecule has 29 heavy (non-hydrogen) atoms. The Morgan fingerprint density at radius 2 is 1.90 bits per heavy atom. The molecule has 1 fully saturated rings. The summed E-state index contributed by atoms with van der Waals surface area (Å²) < 4.78 is 11.6. The normalized spacial score (nSPS) is 14.4. The number of anilines is 1. The SMILES string of the molecule is O=C(Oc1ccc2nc(N3CCCCC3)sc2c1)c1cc2ccccc2oc1=O. The second-order valence-electron chi connectivity index (χ2n) is 7.05. The Kier molecular flexibility index (Phi) is 4.52. The van der Waals surface area contributed by atoms with Gasteiger partial charge in [0.25, 0.3) is 0 Å². The fourth-order valence-corrected chi connectivity index (χ4v) is 4.59. The molecule has 146 valence electrons. The second-order valence-corrected chi connectivity index (χ2v) is 8.06. The van der Waals surface area contributed by atoms with Crippen molar-refractivity contribution in [2.45, 2.75) is 19.3 Å². The maximum Gasteiger partial charge on any atom is 0.351 e. The summed E-state index contributed by atoms with van der Waals surface area (Å²) in [5.74, 6) is -0.353. The van der Waals surface area contributed by atoms with E-state index in [0.717, 1.165) is 28.4 Å². The predicted molar refractivity (Wildman–Crippen MR) is 113 cm³/mol. The molecule has 0 bridgehead atoms. The van der Waals surface area contributed by atoms with Crippen LogP contribution in [0.3, 0.4) is 0 Å². The molecule has 7 heteroatoms. The molecule has 1 saturated heterocycles. The van der Waals surface area contributed by atoms with Crippen LogP contribution < -0.4 is 15.3 Å². The molecule has 4 aromatic rings. The van der Waals surface area contributed by atoms with Gasteiger partial charge in [0, 0.05) is 24.5 Å². The van der Waals surface area contributed by atoms with E-state index in [4.69, 9.17) is 14.1 Å². The summed E-state index contributed by atoms with van der Waals surface area (Å²) in [5, 5.41) is 1.67. The maximum atomic E-state index is 12.6. The molecule has 3 heterocycles. The molecule has 0 atom stereocenters. The first kappa shape index (κ1) is 17.9. The minimum Gasteiger partial charge on any atom is -0.423 e. The molecule has 0 spiro atoms. The number of carbonyl (C=O) groups excluding carboxylic acids is 1. The molecular formula is C22H18N2O4S. The van der Waals surface area contributed by atoms with Gasteiger partial charge in [-0.1, -0.05) is 29.5 Å². The van der Waals surface area contributed by atoms with Crippen LogP contribution in [0.2, 0.25) is 0 Å². The first-order valence-corrected chi connectivity index (χ1v) is 10.4. The highest BCUT2D eigenvalue weighted by Gasteiger charge is 2.18. The number of carbonyl (C=O) groups is 1. The Hall–Kier alpha value is -3.19. The largest absolute Gasteiger partial charge is 0.423 e. The zero-order chi connectivity index (χ0) is 19.8. The molecule has 0 saturated carbocycles. The van der Waals surface area contributed by atoms with Gasteiger partial charge in [0.2, 0.25) is 0 Å². The van der Waals surface area contributed by atoms with Gasteiger partial charge in [0.1, 0.15) is 16.9 Å². The zero-order valence-electron chi connectivity index (χ0n) is 15.6. The highest BCUT2D eigenvalue weighted by Crippen LogP contribution is 2.33. The van der Waals surface area contributed by atoms with Crippen molar-refractivity contribution >= 4 is 43.6 Å².